The molecule has 0 saturated carbocycles. The van der Waals surface area contributed by atoms with Crippen LogP contribution < -0.4 is 5.73 Å². The minimum absolute atomic E-state index is 0. The summed E-state index contributed by atoms with van der Waals surface area (Å²) >= 11 is 11.9. The largest absolute Gasteiger partial charge is 0.338 e. The van der Waals surface area contributed by atoms with Gasteiger partial charge in [-0.15, -0.1) is 12.4 Å². The van der Waals surface area contributed by atoms with Crippen molar-refractivity contribution in [2.75, 3.05) is 13.1 Å². The molecule has 2 atom stereocenters. The first-order valence-electron chi connectivity index (χ1n) is 5.99. The molecule has 106 valence electrons. The number of likely N-dealkylation sites (tertiary alicyclic amines) is 1. The van der Waals surface area contributed by atoms with Crippen molar-refractivity contribution >= 4 is 41.5 Å². The molecule has 1 heterocycles. The molecule has 1 aromatic rings. The third-order valence-electron chi connectivity index (χ3n) is 3.42. The molecule has 1 aliphatic rings. The Labute approximate surface area is 129 Å². The molecule has 1 amide bonds. The van der Waals surface area contributed by atoms with E-state index in [0.29, 0.717) is 34.6 Å². The number of piperidine rings is 1. The van der Waals surface area contributed by atoms with Gasteiger partial charge in [0.2, 0.25) is 0 Å². The van der Waals surface area contributed by atoms with E-state index in [1.807, 2.05) is 0 Å². The Morgan fingerprint density at radius 1 is 1.42 bits per heavy atom. The van der Waals surface area contributed by atoms with Gasteiger partial charge in [0.15, 0.2) is 0 Å². The summed E-state index contributed by atoms with van der Waals surface area (Å²) in [5.41, 5.74) is 6.41. The van der Waals surface area contributed by atoms with Crippen LogP contribution in [0, 0.1) is 5.92 Å². The van der Waals surface area contributed by atoms with E-state index < -0.39 is 0 Å². The van der Waals surface area contributed by atoms with E-state index in [1.54, 1.807) is 23.1 Å². The summed E-state index contributed by atoms with van der Waals surface area (Å²) in [6, 6.07) is 5.11. The Morgan fingerprint density at radius 2 is 2.11 bits per heavy atom. The maximum Gasteiger partial charge on any atom is 0.255 e. The van der Waals surface area contributed by atoms with Gasteiger partial charge in [-0.05, 0) is 30.5 Å². The number of nitrogens with zero attached hydrogens (tertiary/aromatic N) is 1. The molecule has 1 aromatic carbocycles. The van der Waals surface area contributed by atoms with Crippen LogP contribution in [0.5, 0.6) is 0 Å². The molecule has 0 spiro atoms. The van der Waals surface area contributed by atoms with Crippen LogP contribution >= 0.6 is 35.6 Å². The zero-order valence-corrected chi connectivity index (χ0v) is 12.9. The molecule has 0 bridgehead atoms. The van der Waals surface area contributed by atoms with Gasteiger partial charge in [-0.1, -0.05) is 30.1 Å². The summed E-state index contributed by atoms with van der Waals surface area (Å²) in [5.74, 6) is 0.238. The lowest BCUT2D eigenvalue weighted by Crippen LogP contribution is -2.48. The summed E-state index contributed by atoms with van der Waals surface area (Å²) in [7, 11) is 0. The fraction of sp³-hybridized carbons (Fsp3) is 0.462. The summed E-state index contributed by atoms with van der Waals surface area (Å²) in [4.78, 5) is 14.2. The van der Waals surface area contributed by atoms with E-state index in [9.17, 15) is 4.79 Å². The second-order valence-corrected chi connectivity index (χ2v) is 5.65. The van der Waals surface area contributed by atoms with Gasteiger partial charge >= 0.3 is 0 Å². The van der Waals surface area contributed by atoms with E-state index >= 15 is 0 Å². The maximum atomic E-state index is 12.4. The number of rotatable bonds is 1. The predicted octanol–water partition coefficient (Wildman–Crippen LogP) is 3.22. The molecule has 2 rings (SSSR count). The lowest BCUT2D eigenvalue weighted by molar-refractivity contribution is 0.0664. The van der Waals surface area contributed by atoms with Crippen molar-refractivity contribution in [2.45, 2.75) is 19.4 Å². The highest BCUT2D eigenvalue weighted by molar-refractivity contribution is 6.35. The minimum Gasteiger partial charge on any atom is -0.338 e. The van der Waals surface area contributed by atoms with Crippen LogP contribution in [0.15, 0.2) is 18.2 Å². The van der Waals surface area contributed by atoms with E-state index in [0.717, 1.165) is 6.42 Å². The number of amides is 1. The topological polar surface area (TPSA) is 46.3 Å². The zero-order chi connectivity index (χ0) is 13.3. The van der Waals surface area contributed by atoms with Crippen LogP contribution in [0.3, 0.4) is 0 Å². The van der Waals surface area contributed by atoms with Gasteiger partial charge in [0, 0.05) is 24.2 Å². The molecule has 19 heavy (non-hydrogen) atoms. The molecular weight excluding hydrogens is 307 g/mol. The third kappa shape index (κ3) is 3.76. The van der Waals surface area contributed by atoms with Crippen LogP contribution in [0.1, 0.15) is 23.7 Å². The first kappa shape index (κ1) is 16.6. The number of carbonyl (C=O) groups is 1. The van der Waals surface area contributed by atoms with E-state index in [-0.39, 0.29) is 24.4 Å². The van der Waals surface area contributed by atoms with Crippen LogP contribution in [0.25, 0.3) is 0 Å². The van der Waals surface area contributed by atoms with Crippen molar-refractivity contribution in [1.29, 1.82) is 0 Å². The highest BCUT2D eigenvalue weighted by Crippen LogP contribution is 2.24. The molecular formula is C13H17Cl3N2O. The van der Waals surface area contributed by atoms with Crippen LogP contribution in [0.4, 0.5) is 0 Å². The molecule has 6 heteroatoms. The fourth-order valence-electron chi connectivity index (χ4n) is 2.18. The van der Waals surface area contributed by atoms with Crippen molar-refractivity contribution in [2.24, 2.45) is 11.7 Å². The molecule has 1 saturated heterocycles. The number of nitrogens with two attached hydrogens (primary N) is 1. The van der Waals surface area contributed by atoms with Gasteiger partial charge in [0.05, 0.1) is 10.6 Å². The van der Waals surface area contributed by atoms with Gasteiger partial charge < -0.3 is 10.6 Å². The number of carbonyl (C=O) groups excluding carboxylic acids is 1. The van der Waals surface area contributed by atoms with Gasteiger partial charge in [-0.25, -0.2) is 0 Å². The Balaban J connectivity index is 0.00000180. The lowest BCUT2D eigenvalue weighted by atomic mass is 9.94. The first-order chi connectivity index (χ1) is 8.49. The third-order valence-corrected chi connectivity index (χ3v) is 3.98. The van der Waals surface area contributed by atoms with Crippen molar-refractivity contribution in [3.63, 3.8) is 0 Å². The standard InChI is InChI=1S/C13H16Cl2N2O.ClH/c1-8-7-17(5-4-12(8)16)13(18)10-6-9(14)2-3-11(10)15;/h2-3,6,8,12H,4-5,7,16H2,1H3;1H. The molecule has 0 aromatic heterocycles. The molecule has 3 nitrogen and oxygen atoms in total. The smallest absolute Gasteiger partial charge is 0.255 e. The monoisotopic (exact) mass is 322 g/mol. The summed E-state index contributed by atoms with van der Waals surface area (Å²) in [5, 5.41) is 0.955. The Kier molecular flexibility index (Phi) is 5.93. The van der Waals surface area contributed by atoms with Crippen molar-refractivity contribution in [3.05, 3.63) is 33.8 Å². The Morgan fingerprint density at radius 3 is 2.74 bits per heavy atom. The average molecular weight is 324 g/mol. The normalized spacial score (nSPS) is 22.8. The summed E-state index contributed by atoms with van der Waals surface area (Å²) < 4.78 is 0. The number of halogens is 3. The summed E-state index contributed by atoms with van der Waals surface area (Å²) in [6.07, 6.45) is 0.824. The van der Waals surface area contributed by atoms with Crippen molar-refractivity contribution in [1.82, 2.24) is 4.90 Å². The van der Waals surface area contributed by atoms with Crippen LogP contribution in [0.2, 0.25) is 10.0 Å². The molecule has 0 radical (unpaired) electrons. The van der Waals surface area contributed by atoms with E-state index in [1.165, 1.54) is 0 Å². The maximum absolute atomic E-state index is 12.4. The number of benzene rings is 1. The van der Waals surface area contributed by atoms with Crippen LogP contribution in [-0.2, 0) is 0 Å². The number of hydrogen-bond donors (Lipinski definition) is 1. The minimum atomic E-state index is -0.0683. The first-order valence-corrected chi connectivity index (χ1v) is 6.74. The second kappa shape index (κ2) is 6.80. The predicted molar refractivity (Wildman–Crippen MR) is 81.4 cm³/mol. The Bertz CT molecular complexity index is 467. The van der Waals surface area contributed by atoms with Gasteiger partial charge in [-0.3, -0.25) is 4.79 Å². The highest BCUT2D eigenvalue weighted by atomic mass is 35.5. The SMILES string of the molecule is CC1CN(C(=O)c2cc(Cl)ccc2Cl)CCC1N.Cl. The highest BCUT2D eigenvalue weighted by Gasteiger charge is 2.27. The second-order valence-electron chi connectivity index (χ2n) is 4.81. The molecule has 0 aliphatic carbocycles. The van der Waals surface area contributed by atoms with Crippen molar-refractivity contribution < 1.29 is 4.79 Å². The van der Waals surface area contributed by atoms with E-state index in [2.05, 4.69) is 6.92 Å². The summed E-state index contributed by atoms with van der Waals surface area (Å²) in [6.45, 7) is 3.40. The zero-order valence-electron chi connectivity index (χ0n) is 10.6. The number of hydrogen-bond acceptors (Lipinski definition) is 2. The lowest BCUT2D eigenvalue weighted by Gasteiger charge is -2.35. The Hall–Kier alpha value is -0.480. The van der Waals surface area contributed by atoms with Crippen molar-refractivity contribution in [3.8, 4) is 0 Å². The molecule has 2 N–H and O–H groups in total. The molecule has 1 fully saturated rings. The average Bonchev–Trinajstić information content (AvgIpc) is 2.35. The molecule has 2 unspecified atom stereocenters. The fourth-order valence-corrected chi connectivity index (χ4v) is 2.55. The van der Waals surface area contributed by atoms with Gasteiger partial charge in [0.25, 0.3) is 5.91 Å². The molecule has 1 aliphatic heterocycles. The van der Waals surface area contributed by atoms with Gasteiger partial charge in [-0.2, -0.15) is 0 Å². The van der Waals surface area contributed by atoms with E-state index in [4.69, 9.17) is 28.9 Å². The quantitative estimate of drug-likeness (QED) is 0.862. The van der Waals surface area contributed by atoms with Gasteiger partial charge in [0.1, 0.15) is 0 Å². The van der Waals surface area contributed by atoms with Crippen LogP contribution in [-0.4, -0.2) is 29.9 Å².